The first-order valence-electron chi connectivity index (χ1n) is 11.6. The van der Waals surface area contributed by atoms with Crippen molar-refractivity contribution in [3.63, 3.8) is 0 Å². The van der Waals surface area contributed by atoms with Gasteiger partial charge in [0.25, 0.3) is 0 Å². The highest BCUT2D eigenvalue weighted by Gasteiger charge is 2.29. The van der Waals surface area contributed by atoms with Crippen LogP contribution < -0.4 is 0 Å². The lowest BCUT2D eigenvalue weighted by molar-refractivity contribution is 0.167. The van der Waals surface area contributed by atoms with Gasteiger partial charge in [0.05, 0.1) is 17.1 Å². The Morgan fingerprint density at radius 3 is 2.52 bits per heavy atom. The molecule has 0 radical (unpaired) electrons. The molecule has 4 aliphatic rings. The average Bonchev–Trinajstić information content (AvgIpc) is 3.66. The molecule has 3 heterocycles. The Morgan fingerprint density at radius 2 is 1.90 bits per heavy atom. The summed E-state index contributed by atoms with van der Waals surface area (Å²) in [6.45, 7) is 16.2. The van der Waals surface area contributed by atoms with Crippen molar-refractivity contribution < 1.29 is 0 Å². The third kappa shape index (κ3) is 4.67. The number of aliphatic imine (C=N–C) groups is 2. The number of fused-ring (bicyclic) bond motifs is 1. The van der Waals surface area contributed by atoms with E-state index in [1.165, 1.54) is 35.4 Å². The molecule has 0 unspecified atom stereocenters. The van der Waals surface area contributed by atoms with E-state index in [-0.39, 0.29) is 0 Å². The van der Waals surface area contributed by atoms with Gasteiger partial charge in [0, 0.05) is 45.1 Å². The summed E-state index contributed by atoms with van der Waals surface area (Å²) in [6.07, 6.45) is 14.3. The van der Waals surface area contributed by atoms with Crippen molar-refractivity contribution in [1.29, 1.82) is 0 Å². The standard InChI is InChI=1S/C26H35N5/c1-6-19(3)20(4)16-23(27-5)24-17-25(21-8-9-21)31-18-22(10-11-26(31)28-24)30-14-12-29(7-2)13-15-30/h10-11,16-18H,3,6-9,12-15H2,1-2,4-5H3/b20-16+,27-23+. The molecule has 0 aromatic carbocycles. The van der Waals surface area contributed by atoms with Crippen molar-refractivity contribution in [3.8, 4) is 0 Å². The average molecular weight is 418 g/mol. The summed E-state index contributed by atoms with van der Waals surface area (Å²) in [5, 5.41) is 0. The minimum Gasteiger partial charge on any atom is -0.368 e. The van der Waals surface area contributed by atoms with Crippen molar-refractivity contribution in [2.45, 2.75) is 40.0 Å². The highest BCUT2D eigenvalue weighted by Crippen LogP contribution is 2.38. The van der Waals surface area contributed by atoms with E-state index in [4.69, 9.17) is 4.99 Å². The summed E-state index contributed by atoms with van der Waals surface area (Å²) in [5.41, 5.74) is 8.21. The largest absolute Gasteiger partial charge is 0.368 e. The van der Waals surface area contributed by atoms with Crippen molar-refractivity contribution in [1.82, 2.24) is 14.7 Å². The van der Waals surface area contributed by atoms with Crippen molar-refractivity contribution in [3.05, 3.63) is 70.9 Å². The lowest BCUT2D eigenvalue weighted by atomic mass is 10.0. The zero-order valence-corrected chi connectivity index (χ0v) is 19.5. The second-order valence-electron chi connectivity index (χ2n) is 8.56. The van der Waals surface area contributed by atoms with Gasteiger partial charge < -0.3 is 9.80 Å². The molecule has 1 aliphatic carbocycles. The van der Waals surface area contributed by atoms with Crippen LogP contribution in [0.2, 0.25) is 0 Å². The van der Waals surface area contributed by atoms with Crippen LogP contribution in [-0.4, -0.2) is 66.0 Å². The maximum atomic E-state index is 4.98. The van der Waals surface area contributed by atoms with E-state index in [0.29, 0.717) is 0 Å². The number of piperazine rings is 1. The van der Waals surface area contributed by atoms with Crippen LogP contribution in [0, 0.1) is 0 Å². The van der Waals surface area contributed by atoms with Gasteiger partial charge in [-0.05, 0) is 68.2 Å². The number of amidine groups is 1. The van der Waals surface area contributed by atoms with Crippen LogP contribution in [-0.2, 0) is 0 Å². The van der Waals surface area contributed by atoms with Gasteiger partial charge in [0.15, 0.2) is 0 Å². The monoisotopic (exact) mass is 417 g/mol. The lowest BCUT2D eigenvalue weighted by Crippen LogP contribution is -2.46. The quantitative estimate of drug-likeness (QED) is 0.465. The molecule has 0 spiro atoms. The molecular weight excluding hydrogens is 382 g/mol. The first-order valence-corrected chi connectivity index (χ1v) is 11.6. The molecule has 0 bridgehead atoms. The van der Waals surface area contributed by atoms with Gasteiger partial charge in [-0.15, -0.1) is 0 Å². The zero-order chi connectivity index (χ0) is 22.0. The Bertz CT molecular complexity index is 956. The maximum absolute atomic E-state index is 4.98. The lowest BCUT2D eigenvalue weighted by Gasteiger charge is -2.38. The fraction of sp³-hybridized carbons (Fsp3) is 0.462. The summed E-state index contributed by atoms with van der Waals surface area (Å²) in [6, 6.07) is 0. The molecular formula is C26H35N5. The second-order valence-corrected chi connectivity index (χ2v) is 8.56. The number of nitrogens with zero attached hydrogens (tertiary/aromatic N) is 5. The third-order valence-electron chi connectivity index (χ3n) is 6.57. The molecule has 0 aromatic heterocycles. The molecule has 2 fully saturated rings. The van der Waals surface area contributed by atoms with E-state index in [0.717, 1.165) is 62.0 Å². The van der Waals surface area contributed by atoms with Crippen LogP contribution in [0.1, 0.15) is 40.0 Å². The van der Waals surface area contributed by atoms with Crippen LogP contribution in [0.25, 0.3) is 0 Å². The topological polar surface area (TPSA) is 34.4 Å². The number of allylic oxidation sites excluding steroid dienone is 6. The van der Waals surface area contributed by atoms with Crippen molar-refractivity contribution in [2.75, 3.05) is 39.8 Å². The Hall–Kier alpha value is -2.66. The molecule has 1 saturated carbocycles. The maximum Gasteiger partial charge on any atom is 0.137 e. The minimum atomic E-state index is 0.914. The van der Waals surface area contributed by atoms with E-state index in [2.05, 4.69) is 77.5 Å². The first-order chi connectivity index (χ1) is 15.0. The summed E-state index contributed by atoms with van der Waals surface area (Å²) < 4.78 is 0. The van der Waals surface area contributed by atoms with Crippen molar-refractivity contribution in [2.24, 2.45) is 9.98 Å². The van der Waals surface area contributed by atoms with E-state index in [1.807, 2.05) is 7.05 Å². The first kappa shape index (κ1) is 21.6. The highest BCUT2D eigenvalue weighted by atomic mass is 15.3. The molecule has 164 valence electrons. The van der Waals surface area contributed by atoms with E-state index in [9.17, 15) is 0 Å². The Labute approximate surface area is 187 Å². The number of rotatable bonds is 6. The van der Waals surface area contributed by atoms with Crippen LogP contribution in [0.4, 0.5) is 0 Å². The minimum absolute atomic E-state index is 0.914. The van der Waals surface area contributed by atoms with Gasteiger partial charge in [-0.25, -0.2) is 4.99 Å². The van der Waals surface area contributed by atoms with Crippen molar-refractivity contribution >= 4 is 11.5 Å². The molecule has 4 rings (SSSR count). The fourth-order valence-electron chi connectivity index (χ4n) is 4.19. The molecule has 5 heteroatoms. The molecule has 0 atom stereocenters. The summed E-state index contributed by atoms with van der Waals surface area (Å²) in [4.78, 5) is 16.8. The number of hydrogen-bond donors (Lipinski definition) is 0. The second kappa shape index (κ2) is 9.23. The van der Waals surface area contributed by atoms with Crippen LogP contribution in [0.15, 0.2) is 80.9 Å². The molecule has 31 heavy (non-hydrogen) atoms. The predicted molar refractivity (Wildman–Crippen MR) is 131 cm³/mol. The molecule has 5 nitrogen and oxygen atoms in total. The van der Waals surface area contributed by atoms with Gasteiger partial charge in [-0.2, -0.15) is 0 Å². The summed E-state index contributed by atoms with van der Waals surface area (Å²) in [7, 11) is 1.84. The summed E-state index contributed by atoms with van der Waals surface area (Å²) >= 11 is 0. The molecule has 0 N–H and O–H groups in total. The predicted octanol–water partition coefficient (Wildman–Crippen LogP) is 4.66. The Balaban J connectivity index is 1.61. The van der Waals surface area contributed by atoms with E-state index >= 15 is 0 Å². The van der Waals surface area contributed by atoms with E-state index in [1.54, 1.807) is 0 Å². The van der Waals surface area contributed by atoms with Gasteiger partial charge in [0.2, 0.25) is 0 Å². The van der Waals surface area contributed by atoms with Crippen LogP contribution in [0.5, 0.6) is 0 Å². The van der Waals surface area contributed by atoms with Gasteiger partial charge in [0.1, 0.15) is 5.84 Å². The van der Waals surface area contributed by atoms with Crippen LogP contribution >= 0.6 is 0 Å². The normalized spacial score (nSPS) is 22.3. The summed E-state index contributed by atoms with van der Waals surface area (Å²) in [5.74, 6) is 0.976. The SMILES string of the molecule is C=C(CC)/C(C)=C/C(=N\C)C1=CC(=C2CC2)N2C=C(N3CCN(CC)CC3)C=CC2=N1. The molecule has 0 amide bonds. The Morgan fingerprint density at radius 1 is 1.16 bits per heavy atom. The van der Waals surface area contributed by atoms with Gasteiger partial charge in [-0.1, -0.05) is 26.0 Å². The van der Waals surface area contributed by atoms with Crippen LogP contribution in [0.3, 0.4) is 0 Å². The fourth-order valence-corrected chi connectivity index (χ4v) is 4.19. The Kier molecular flexibility index (Phi) is 6.42. The van der Waals surface area contributed by atoms with E-state index < -0.39 is 0 Å². The highest BCUT2D eigenvalue weighted by molar-refractivity contribution is 6.12. The molecule has 0 aromatic rings. The zero-order valence-electron chi connectivity index (χ0n) is 19.5. The molecule has 1 saturated heterocycles. The smallest absolute Gasteiger partial charge is 0.137 e. The number of hydrogen-bond acceptors (Lipinski definition) is 5. The number of likely N-dealkylation sites (N-methyl/N-ethyl adjacent to an activating group) is 1. The molecule has 3 aliphatic heterocycles. The third-order valence-corrected chi connectivity index (χ3v) is 6.57. The van der Waals surface area contributed by atoms with Gasteiger partial charge in [-0.3, -0.25) is 9.89 Å². The van der Waals surface area contributed by atoms with Gasteiger partial charge >= 0.3 is 0 Å².